The lowest BCUT2D eigenvalue weighted by atomic mass is 10.3. The number of rotatable bonds is 2. The van der Waals surface area contributed by atoms with Crippen LogP contribution in [0.25, 0.3) is 0 Å². The van der Waals surface area contributed by atoms with E-state index in [2.05, 4.69) is 37.9 Å². The number of hydrogen-bond acceptors (Lipinski definition) is 2. The van der Waals surface area contributed by atoms with Crippen LogP contribution in [-0.4, -0.2) is 0 Å². The van der Waals surface area contributed by atoms with E-state index in [1.54, 1.807) is 17.6 Å². The molecule has 0 spiro atoms. The molecule has 0 aliphatic rings. The Labute approximate surface area is 97.0 Å². The average Bonchev–Trinajstić information content (AvgIpc) is 2.72. The van der Waals surface area contributed by atoms with Crippen molar-refractivity contribution in [2.24, 2.45) is 0 Å². The molecular weight excluding hydrogens is 316 g/mol. The molecule has 2 aromatic heterocycles. The van der Waals surface area contributed by atoms with E-state index in [0.29, 0.717) is 0 Å². The van der Waals surface area contributed by atoms with Crippen molar-refractivity contribution < 1.29 is 4.42 Å². The zero-order valence-corrected chi connectivity index (χ0v) is 10.5. The third-order valence-electron chi connectivity index (χ3n) is 1.64. The highest BCUT2D eigenvalue weighted by Crippen LogP contribution is 2.36. The van der Waals surface area contributed by atoms with Crippen molar-refractivity contribution in [3.8, 4) is 0 Å². The molecule has 13 heavy (non-hydrogen) atoms. The van der Waals surface area contributed by atoms with Crippen molar-refractivity contribution in [2.75, 3.05) is 0 Å². The first-order valence-electron chi connectivity index (χ1n) is 3.70. The first-order valence-corrected chi connectivity index (χ1v) is 6.22. The van der Waals surface area contributed by atoms with Gasteiger partial charge >= 0.3 is 0 Å². The van der Waals surface area contributed by atoms with Crippen LogP contribution in [-0.2, 0) is 0 Å². The minimum atomic E-state index is 0.166. The highest BCUT2D eigenvalue weighted by Gasteiger charge is 2.14. The van der Waals surface area contributed by atoms with Gasteiger partial charge in [0.1, 0.15) is 10.6 Å². The lowest BCUT2D eigenvalue weighted by Gasteiger charge is -2.01. The van der Waals surface area contributed by atoms with Gasteiger partial charge in [-0.3, -0.25) is 0 Å². The van der Waals surface area contributed by atoms with Crippen LogP contribution in [0.5, 0.6) is 0 Å². The summed E-state index contributed by atoms with van der Waals surface area (Å²) in [6.07, 6.45) is 1.69. The molecule has 2 heterocycles. The minimum absolute atomic E-state index is 0.166. The summed E-state index contributed by atoms with van der Waals surface area (Å²) in [6, 6.07) is 7.98. The van der Waals surface area contributed by atoms with Crippen LogP contribution in [0.2, 0.25) is 0 Å². The summed E-state index contributed by atoms with van der Waals surface area (Å²) in [5.74, 6) is 0.939. The molecule has 1 nitrogen and oxygen atoms in total. The van der Waals surface area contributed by atoms with Crippen LogP contribution < -0.4 is 0 Å². The molecule has 0 amide bonds. The number of thiophene rings is 1. The zero-order chi connectivity index (χ0) is 9.26. The molecule has 1 atom stereocenters. The van der Waals surface area contributed by atoms with E-state index < -0.39 is 0 Å². The standard InChI is InChI=1S/C9H6Br2OS/c10-8-4-3-7(13-8)9(11)6-2-1-5-12-6/h1-5,9H. The maximum Gasteiger partial charge on any atom is 0.122 e. The normalized spacial score (nSPS) is 13.1. The Morgan fingerprint density at radius 2 is 2.15 bits per heavy atom. The smallest absolute Gasteiger partial charge is 0.122 e. The second-order valence-electron chi connectivity index (χ2n) is 2.52. The Morgan fingerprint density at radius 1 is 1.31 bits per heavy atom. The van der Waals surface area contributed by atoms with E-state index in [4.69, 9.17) is 4.42 Å². The first kappa shape index (κ1) is 9.49. The second-order valence-corrected chi connectivity index (χ2v) is 5.93. The molecule has 68 valence electrons. The van der Waals surface area contributed by atoms with Gasteiger partial charge in [0.25, 0.3) is 0 Å². The van der Waals surface area contributed by atoms with Gasteiger partial charge in [-0.2, -0.15) is 0 Å². The third kappa shape index (κ3) is 2.06. The fraction of sp³-hybridized carbons (Fsp3) is 0.111. The third-order valence-corrected chi connectivity index (χ3v) is 4.57. The Morgan fingerprint density at radius 3 is 2.69 bits per heavy atom. The Bertz CT molecular complexity index is 380. The van der Waals surface area contributed by atoms with Crippen LogP contribution in [0.15, 0.2) is 38.7 Å². The minimum Gasteiger partial charge on any atom is -0.468 e. The molecule has 0 aliphatic heterocycles. The molecule has 2 rings (SSSR count). The quantitative estimate of drug-likeness (QED) is 0.737. The maximum absolute atomic E-state index is 5.30. The van der Waals surface area contributed by atoms with Crippen LogP contribution in [0.4, 0.5) is 0 Å². The van der Waals surface area contributed by atoms with Crippen LogP contribution in [0, 0.1) is 0 Å². The number of halogens is 2. The molecule has 0 fully saturated rings. The van der Waals surface area contributed by atoms with Gasteiger partial charge in [-0.15, -0.1) is 11.3 Å². The number of hydrogen-bond donors (Lipinski definition) is 0. The fourth-order valence-corrected chi connectivity index (χ4v) is 3.14. The lowest BCUT2D eigenvalue weighted by Crippen LogP contribution is -1.84. The fourth-order valence-electron chi connectivity index (χ4n) is 1.04. The monoisotopic (exact) mass is 320 g/mol. The van der Waals surface area contributed by atoms with Crippen LogP contribution >= 0.6 is 43.2 Å². The largest absolute Gasteiger partial charge is 0.468 e. The highest BCUT2D eigenvalue weighted by atomic mass is 79.9. The summed E-state index contributed by atoms with van der Waals surface area (Å²) in [5, 5.41) is 0. The Balaban J connectivity index is 2.28. The van der Waals surface area contributed by atoms with Gasteiger partial charge in [0.05, 0.1) is 10.0 Å². The van der Waals surface area contributed by atoms with E-state index in [1.807, 2.05) is 18.2 Å². The molecule has 4 heteroatoms. The van der Waals surface area contributed by atoms with Gasteiger partial charge in [-0.25, -0.2) is 0 Å². The first-order chi connectivity index (χ1) is 6.27. The van der Waals surface area contributed by atoms with Crippen molar-refractivity contribution in [3.05, 3.63) is 45.0 Å². The predicted molar refractivity (Wildman–Crippen MR) is 61.5 cm³/mol. The summed E-state index contributed by atoms with van der Waals surface area (Å²) in [4.78, 5) is 1.40. The van der Waals surface area contributed by atoms with Crippen molar-refractivity contribution in [2.45, 2.75) is 4.83 Å². The van der Waals surface area contributed by atoms with E-state index in [-0.39, 0.29) is 4.83 Å². The van der Waals surface area contributed by atoms with E-state index in [1.165, 1.54) is 4.88 Å². The molecule has 1 unspecified atom stereocenters. The van der Waals surface area contributed by atoms with E-state index >= 15 is 0 Å². The summed E-state index contributed by atoms with van der Waals surface area (Å²) in [6.45, 7) is 0. The average molecular weight is 322 g/mol. The topological polar surface area (TPSA) is 13.1 Å². The summed E-state index contributed by atoms with van der Waals surface area (Å²) in [5.41, 5.74) is 0. The molecule has 0 aliphatic carbocycles. The number of alkyl halides is 1. The van der Waals surface area contributed by atoms with Crippen LogP contribution in [0.1, 0.15) is 15.5 Å². The summed E-state index contributed by atoms with van der Waals surface area (Å²) < 4.78 is 6.44. The predicted octanol–water partition coefficient (Wildman–Crippen LogP) is 4.59. The van der Waals surface area contributed by atoms with Gasteiger partial charge < -0.3 is 4.42 Å². The van der Waals surface area contributed by atoms with Gasteiger partial charge in [0, 0.05) is 4.88 Å². The number of furan rings is 1. The lowest BCUT2D eigenvalue weighted by molar-refractivity contribution is 0.521. The Hall–Kier alpha value is -0.0600. The molecule has 2 aromatic rings. The van der Waals surface area contributed by atoms with Crippen molar-refractivity contribution in [1.82, 2.24) is 0 Å². The molecule has 0 saturated heterocycles. The SMILES string of the molecule is Brc1ccc(C(Br)c2ccco2)s1. The van der Waals surface area contributed by atoms with Gasteiger partial charge in [-0.1, -0.05) is 15.9 Å². The Kier molecular flexibility index (Phi) is 2.91. The van der Waals surface area contributed by atoms with Crippen molar-refractivity contribution in [3.63, 3.8) is 0 Å². The van der Waals surface area contributed by atoms with Gasteiger partial charge in [0.2, 0.25) is 0 Å². The molecule has 0 saturated carbocycles. The van der Waals surface area contributed by atoms with Gasteiger partial charge in [0.15, 0.2) is 0 Å². The molecule has 0 aromatic carbocycles. The molecule has 0 N–H and O–H groups in total. The van der Waals surface area contributed by atoms with E-state index in [0.717, 1.165) is 9.55 Å². The van der Waals surface area contributed by atoms with Gasteiger partial charge in [-0.05, 0) is 40.2 Å². The summed E-state index contributed by atoms with van der Waals surface area (Å²) in [7, 11) is 0. The summed E-state index contributed by atoms with van der Waals surface area (Å²) >= 11 is 8.72. The maximum atomic E-state index is 5.30. The van der Waals surface area contributed by atoms with E-state index in [9.17, 15) is 0 Å². The molecule has 0 bridgehead atoms. The second kappa shape index (κ2) is 3.98. The highest BCUT2D eigenvalue weighted by molar-refractivity contribution is 9.11. The molecular formula is C9H6Br2OS. The van der Waals surface area contributed by atoms with Crippen molar-refractivity contribution >= 4 is 43.2 Å². The van der Waals surface area contributed by atoms with Crippen LogP contribution in [0.3, 0.4) is 0 Å². The zero-order valence-electron chi connectivity index (χ0n) is 6.54. The van der Waals surface area contributed by atoms with Crippen molar-refractivity contribution in [1.29, 1.82) is 0 Å². The molecule has 0 radical (unpaired) electrons.